The lowest BCUT2D eigenvalue weighted by molar-refractivity contribution is -0.169. The van der Waals surface area contributed by atoms with Gasteiger partial charge in [0.05, 0.1) is 0 Å². The molecule has 1 N–H and O–H groups in total. The lowest BCUT2D eigenvalue weighted by Gasteiger charge is -2.07. The van der Waals surface area contributed by atoms with Crippen molar-refractivity contribution in [3.63, 3.8) is 0 Å². The summed E-state index contributed by atoms with van der Waals surface area (Å²) in [4.78, 5) is 4.40. The first-order valence-electron chi connectivity index (χ1n) is 2.74. The molecule has 0 saturated carbocycles. The largest absolute Gasteiger partial charge is 0.414 e. The van der Waals surface area contributed by atoms with Crippen LogP contribution >= 0.6 is 25.5 Å². The van der Waals surface area contributed by atoms with Crippen LogP contribution in [0, 0.1) is 0 Å². The van der Waals surface area contributed by atoms with Crippen molar-refractivity contribution >= 4 is 25.5 Å². The fourth-order valence-electron chi connectivity index (χ4n) is 0.376. The Kier molecular flexibility index (Phi) is 3.66. The number of nitrogens with one attached hydrogen (secondary N) is 1. The van der Waals surface area contributed by atoms with Crippen LogP contribution in [-0.2, 0) is 0 Å². The van der Waals surface area contributed by atoms with Crippen molar-refractivity contribution in [1.82, 2.24) is 13.3 Å². The van der Waals surface area contributed by atoms with E-state index >= 15 is 0 Å². The van der Waals surface area contributed by atoms with E-state index in [9.17, 15) is 13.2 Å². The molecule has 1 aromatic rings. The Balaban J connectivity index is 2.44. The fourth-order valence-corrected chi connectivity index (χ4v) is 3.38. The molecular weight excluding hydrogens is 232 g/mol. The maximum absolute atomic E-state index is 11.6. The zero-order chi connectivity index (χ0) is 9.03. The molecule has 0 amide bonds. The third-order valence-electron chi connectivity index (χ3n) is 0.734. The maximum atomic E-state index is 11.6. The third-order valence-corrected chi connectivity index (χ3v) is 3.55. The Morgan fingerprint density at radius 2 is 2.33 bits per heavy atom. The van der Waals surface area contributed by atoms with E-state index in [-0.39, 0.29) is 17.0 Å². The fraction of sp³-hybridized carbons (Fsp3) is 1.00. The van der Waals surface area contributed by atoms with Gasteiger partial charge in [-0.1, -0.05) is 0 Å². The van der Waals surface area contributed by atoms with Crippen LogP contribution in [0.15, 0.2) is 0 Å². The summed E-state index contributed by atoms with van der Waals surface area (Å²) in [5.74, 6) is 0. The van der Waals surface area contributed by atoms with Crippen molar-refractivity contribution in [3.05, 3.63) is 0 Å². The Bertz CT molecular complexity index is 242. The molecule has 4 nitrogen and oxygen atoms in total. The molecule has 2 atom stereocenters. The number of hydrogen-bond acceptors (Lipinski definition) is 2. The molecule has 10 heteroatoms. The molecule has 1 rings (SSSR count). The highest BCUT2D eigenvalue weighted by Crippen LogP contribution is 2.15. The molecule has 12 heavy (non-hydrogen) atoms. The number of hydrogen-bond donors (Lipinski definition) is 1. The highest BCUT2D eigenvalue weighted by molar-refractivity contribution is 7.44. The van der Waals surface area contributed by atoms with Gasteiger partial charge in [-0.05, 0) is 0 Å². The monoisotopic (exact) mass is 237 g/mol. The third kappa shape index (κ3) is 4.17. The summed E-state index contributed by atoms with van der Waals surface area (Å²) in [6, 6.07) is 0. The average molecular weight is 237 g/mol. The Hall–Kier alpha value is 0.0500. The maximum Gasteiger partial charge on any atom is 0.414 e. The van der Waals surface area contributed by atoms with Gasteiger partial charge in [-0.15, -0.1) is 0 Å². The topological polar surface area (TPSA) is 42.8 Å². The summed E-state index contributed by atoms with van der Waals surface area (Å²) in [5.41, 5.74) is 0. The number of H-pyrrole nitrogens is 1. The van der Waals surface area contributed by atoms with Crippen LogP contribution in [-0.4, -0.2) is 26.1 Å². The zero-order valence-corrected chi connectivity index (χ0v) is 8.49. The van der Waals surface area contributed by atoms with Crippen LogP contribution in [0.3, 0.4) is 0 Å². The first kappa shape index (κ1) is 10.1. The molecule has 0 aliphatic carbocycles. The molecule has 1 heterocycles. The summed E-state index contributed by atoms with van der Waals surface area (Å²) < 4.78 is 42.5. The molecular formula is C2H5F3N3OP3. The van der Waals surface area contributed by atoms with Crippen LogP contribution in [0.25, 0.3) is 0 Å². The van der Waals surface area contributed by atoms with Gasteiger partial charge in [0, 0.05) is 17.0 Å². The molecule has 0 fully saturated rings. The summed E-state index contributed by atoms with van der Waals surface area (Å²) in [5, 5.41) is 0. The number of alkyl halides is 3. The minimum Gasteiger partial charge on any atom is -0.311 e. The molecule has 0 spiro atoms. The van der Waals surface area contributed by atoms with Gasteiger partial charge in [-0.3, -0.25) is 4.84 Å². The number of rotatable bonds is 2. The molecule has 2 unspecified atom stereocenters. The molecule has 0 aliphatic rings. The van der Waals surface area contributed by atoms with E-state index < -0.39 is 12.8 Å². The van der Waals surface area contributed by atoms with Crippen molar-refractivity contribution in [1.29, 1.82) is 0 Å². The minimum atomic E-state index is -4.28. The van der Waals surface area contributed by atoms with Crippen molar-refractivity contribution in [2.45, 2.75) is 6.18 Å². The lowest BCUT2D eigenvalue weighted by Crippen LogP contribution is -2.23. The zero-order valence-electron chi connectivity index (χ0n) is 5.59. The number of aromatic nitrogens is 3. The van der Waals surface area contributed by atoms with E-state index in [4.69, 9.17) is 0 Å². The molecule has 0 aromatic carbocycles. The van der Waals surface area contributed by atoms with E-state index in [1.54, 1.807) is 0 Å². The molecule has 1 aromatic heterocycles. The van der Waals surface area contributed by atoms with E-state index in [0.29, 0.717) is 8.51 Å². The Morgan fingerprint density at radius 3 is 2.83 bits per heavy atom. The molecule has 0 aliphatic heterocycles. The summed E-state index contributed by atoms with van der Waals surface area (Å²) in [6.07, 6.45) is -4.28. The Labute approximate surface area is 70.4 Å². The van der Waals surface area contributed by atoms with Gasteiger partial charge in [0.2, 0.25) is 0 Å². The van der Waals surface area contributed by atoms with Gasteiger partial charge in [0.1, 0.15) is 0 Å². The number of halogens is 3. The molecule has 70 valence electrons. The average Bonchev–Trinajstić information content (AvgIpc) is 2.02. The molecule has 0 bridgehead atoms. The SMILES string of the molecule is FC(F)(F)COn1pn[pH][nH][pH]1. The lowest BCUT2D eigenvalue weighted by atomic mass is 10.7. The van der Waals surface area contributed by atoms with Gasteiger partial charge in [0.15, 0.2) is 15.1 Å². The highest BCUT2D eigenvalue weighted by atomic mass is 31.1. The first-order valence-corrected chi connectivity index (χ1v) is 5.43. The predicted molar refractivity (Wildman–Crippen MR) is 43.2 cm³/mol. The van der Waals surface area contributed by atoms with Crippen LogP contribution in [0.5, 0.6) is 0 Å². The summed E-state index contributed by atoms with van der Waals surface area (Å²) >= 11 is 0. The van der Waals surface area contributed by atoms with Gasteiger partial charge in [0.25, 0.3) is 0 Å². The first-order chi connectivity index (χ1) is 5.58. The van der Waals surface area contributed by atoms with Crippen LogP contribution in [0.4, 0.5) is 13.2 Å². The standard InChI is InChI=1S/C2H5F3N3OP3/c3-2(4,5)1-9-8-11-6-10-7-12-8/h6,10-11H,1H2. The second kappa shape index (κ2) is 4.33. The molecule has 0 radical (unpaired) electrons. The van der Waals surface area contributed by atoms with Crippen molar-refractivity contribution < 1.29 is 18.0 Å². The number of nitrogens with zero attached hydrogens (tertiary/aromatic N) is 2. The molecule has 0 saturated heterocycles. The minimum absolute atomic E-state index is 0.0461. The number of aromatic amines is 1. The van der Waals surface area contributed by atoms with Crippen molar-refractivity contribution in [2.75, 3.05) is 6.61 Å². The quantitative estimate of drug-likeness (QED) is 0.854. The normalized spacial score (nSPS) is 13.6. The van der Waals surface area contributed by atoms with Crippen molar-refractivity contribution in [3.8, 4) is 0 Å². The summed E-state index contributed by atoms with van der Waals surface area (Å²) in [7, 11) is 0.737. The van der Waals surface area contributed by atoms with E-state index in [1.807, 2.05) is 0 Å². The Morgan fingerprint density at radius 1 is 1.58 bits per heavy atom. The second-order valence-electron chi connectivity index (χ2n) is 1.70. The van der Waals surface area contributed by atoms with Gasteiger partial charge in [-0.25, -0.2) is 0 Å². The predicted octanol–water partition coefficient (Wildman–Crippen LogP) is 1.97. The van der Waals surface area contributed by atoms with Gasteiger partial charge in [-0.2, -0.15) is 21.9 Å². The van der Waals surface area contributed by atoms with Crippen LogP contribution in [0.2, 0.25) is 0 Å². The van der Waals surface area contributed by atoms with Crippen LogP contribution in [0.1, 0.15) is 0 Å². The van der Waals surface area contributed by atoms with Crippen molar-refractivity contribution in [2.24, 2.45) is 0 Å². The summed E-state index contributed by atoms with van der Waals surface area (Å²) in [6.45, 7) is -1.26. The smallest absolute Gasteiger partial charge is 0.311 e. The van der Waals surface area contributed by atoms with E-state index in [2.05, 4.69) is 13.9 Å². The van der Waals surface area contributed by atoms with Gasteiger partial charge >= 0.3 is 6.18 Å². The van der Waals surface area contributed by atoms with Gasteiger partial charge < -0.3 is 4.51 Å². The van der Waals surface area contributed by atoms with E-state index in [0.717, 1.165) is 4.26 Å². The van der Waals surface area contributed by atoms with E-state index in [1.165, 1.54) is 0 Å². The van der Waals surface area contributed by atoms with Crippen LogP contribution < -0.4 is 4.84 Å². The second-order valence-corrected chi connectivity index (χ2v) is 5.27. The highest BCUT2D eigenvalue weighted by Gasteiger charge is 2.28.